The number of aromatic nitrogens is 1. The molecule has 0 aliphatic carbocycles. The second-order valence-electron chi connectivity index (χ2n) is 4.57. The van der Waals surface area contributed by atoms with Crippen LogP contribution in [0.5, 0.6) is 0 Å². The average molecular weight is 208 g/mol. The molecule has 0 fully saturated rings. The zero-order chi connectivity index (χ0) is 11.1. The van der Waals surface area contributed by atoms with Crippen molar-refractivity contribution in [3.05, 3.63) is 30.1 Å². The van der Waals surface area contributed by atoms with Crippen LogP contribution < -0.4 is 5.32 Å². The van der Waals surface area contributed by atoms with Crippen molar-refractivity contribution in [2.24, 2.45) is 5.41 Å². The molecule has 0 atom stereocenters. The van der Waals surface area contributed by atoms with Gasteiger partial charge in [0.2, 0.25) is 0 Å². The van der Waals surface area contributed by atoms with E-state index in [9.17, 15) is 0 Å². The molecule has 1 aromatic heterocycles. The molecule has 3 nitrogen and oxygen atoms in total. The highest BCUT2D eigenvalue weighted by atomic mass is 16.3. The monoisotopic (exact) mass is 208 g/mol. The third-order valence-electron chi connectivity index (χ3n) is 2.32. The first-order chi connectivity index (χ1) is 7.14. The normalized spacial score (nSPS) is 11.7. The molecule has 0 aliphatic heterocycles. The van der Waals surface area contributed by atoms with Crippen molar-refractivity contribution >= 4 is 0 Å². The standard InChI is InChI=1S/C12H20N2O/c1-12(2,10-15)9-13-8-6-11-5-3-4-7-14-11/h3-5,7,13,15H,6,8-10H2,1-2H3. The van der Waals surface area contributed by atoms with E-state index in [1.54, 1.807) is 0 Å². The van der Waals surface area contributed by atoms with Gasteiger partial charge in [0.25, 0.3) is 0 Å². The van der Waals surface area contributed by atoms with E-state index in [-0.39, 0.29) is 12.0 Å². The Balaban J connectivity index is 2.18. The Labute approximate surface area is 91.5 Å². The molecular weight excluding hydrogens is 188 g/mol. The van der Waals surface area contributed by atoms with E-state index >= 15 is 0 Å². The van der Waals surface area contributed by atoms with Gasteiger partial charge in [0.15, 0.2) is 0 Å². The molecule has 0 unspecified atom stereocenters. The Morgan fingerprint density at radius 2 is 2.20 bits per heavy atom. The largest absolute Gasteiger partial charge is 0.396 e. The summed E-state index contributed by atoms with van der Waals surface area (Å²) in [5.41, 5.74) is 1.07. The third-order valence-corrected chi connectivity index (χ3v) is 2.32. The van der Waals surface area contributed by atoms with Crippen molar-refractivity contribution in [2.75, 3.05) is 19.7 Å². The van der Waals surface area contributed by atoms with Crippen LogP contribution in [0.2, 0.25) is 0 Å². The maximum Gasteiger partial charge on any atom is 0.0494 e. The highest BCUT2D eigenvalue weighted by Crippen LogP contribution is 2.10. The van der Waals surface area contributed by atoms with E-state index in [0.717, 1.165) is 25.2 Å². The molecule has 1 rings (SSSR count). The molecule has 84 valence electrons. The van der Waals surface area contributed by atoms with Crippen LogP contribution in [0.4, 0.5) is 0 Å². The third kappa shape index (κ3) is 4.91. The minimum Gasteiger partial charge on any atom is -0.396 e. The van der Waals surface area contributed by atoms with Crippen molar-refractivity contribution in [2.45, 2.75) is 20.3 Å². The van der Waals surface area contributed by atoms with Crippen LogP contribution in [0, 0.1) is 5.41 Å². The Hall–Kier alpha value is -0.930. The number of hydrogen-bond donors (Lipinski definition) is 2. The molecule has 0 bridgehead atoms. The Kier molecular flexibility index (Phi) is 4.72. The molecule has 0 aliphatic rings. The Bertz CT molecular complexity index is 272. The maximum absolute atomic E-state index is 9.06. The highest BCUT2D eigenvalue weighted by molar-refractivity contribution is 5.03. The first kappa shape index (κ1) is 12.1. The summed E-state index contributed by atoms with van der Waals surface area (Å²) in [6.45, 7) is 6.03. The predicted molar refractivity (Wildman–Crippen MR) is 61.7 cm³/mol. The molecule has 0 saturated heterocycles. The first-order valence-electron chi connectivity index (χ1n) is 5.35. The minimum absolute atomic E-state index is 0.0376. The van der Waals surface area contributed by atoms with Crippen molar-refractivity contribution in [1.29, 1.82) is 0 Å². The van der Waals surface area contributed by atoms with Crippen molar-refractivity contribution in [1.82, 2.24) is 10.3 Å². The van der Waals surface area contributed by atoms with Crippen LogP contribution in [0.1, 0.15) is 19.5 Å². The lowest BCUT2D eigenvalue weighted by atomic mass is 9.95. The number of aliphatic hydroxyl groups is 1. The number of nitrogens with zero attached hydrogens (tertiary/aromatic N) is 1. The summed E-state index contributed by atoms with van der Waals surface area (Å²) >= 11 is 0. The smallest absolute Gasteiger partial charge is 0.0494 e. The van der Waals surface area contributed by atoms with Crippen molar-refractivity contribution in [3.63, 3.8) is 0 Å². The predicted octanol–water partition coefficient (Wildman–Crippen LogP) is 1.23. The van der Waals surface area contributed by atoms with Crippen LogP contribution in [0.3, 0.4) is 0 Å². The molecule has 0 aromatic carbocycles. The quantitative estimate of drug-likeness (QED) is 0.691. The number of nitrogens with one attached hydrogen (secondary N) is 1. The van der Waals surface area contributed by atoms with Gasteiger partial charge in [-0.2, -0.15) is 0 Å². The van der Waals surface area contributed by atoms with Gasteiger partial charge in [-0.25, -0.2) is 0 Å². The van der Waals surface area contributed by atoms with Gasteiger partial charge in [0, 0.05) is 43.4 Å². The fourth-order valence-electron chi connectivity index (χ4n) is 1.25. The van der Waals surface area contributed by atoms with E-state index in [1.165, 1.54) is 0 Å². The summed E-state index contributed by atoms with van der Waals surface area (Å²) in [4.78, 5) is 4.24. The molecule has 0 radical (unpaired) electrons. The van der Waals surface area contributed by atoms with Gasteiger partial charge < -0.3 is 10.4 Å². The molecule has 1 heterocycles. The summed E-state index contributed by atoms with van der Waals surface area (Å²) in [6, 6.07) is 5.95. The lowest BCUT2D eigenvalue weighted by Crippen LogP contribution is -2.33. The van der Waals surface area contributed by atoms with E-state index in [0.29, 0.717) is 0 Å². The zero-order valence-electron chi connectivity index (χ0n) is 9.53. The van der Waals surface area contributed by atoms with E-state index in [2.05, 4.69) is 10.3 Å². The van der Waals surface area contributed by atoms with Crippen LogP contribution >= 0.6 is 0 Å². The first-order valence-corrected chi connectivity index (χ1v) is 5.35. The molecule has 1 aromatic rings. The van der Waals surface area contributed by atoms with Crippen LogP contribution in [0.25, 0.3) is 0 Å². The van der Waals surface area contributed by atoms with Gasteiger partial charge in [-0.15, -0.1) is 0 Å². The van der Waals surface area contributed by atoms with Gasteiger partial charge in [-0.05, 0) is 12.1 Å². The number of hydrogen-bond acceptors (Lipinski definition) is 3. The molecule has 3 heteroatoms. The second-order valence-corrected chi connectivity index (χ2v) is 4.57. The van der Waals surface area contributed by atoms with Gasteiger partial charge in [-0.1, -0.05) is 19.9 Å². The number of pyridine rings is 1. The van der Waals surface area contributed by atoms with Crippen molar-refractivity contribution in [3.8, 4) is 0 Å². The topological polar surface area (TPSA) is 45.1 Å². The lowest BCUT2D eigenvalue weighted by Gasteiger charge is -2.21. The summed E-state index contributed by atoms with van der Waals surface area (Å²) < 4.78 is 0. The summed E-state index contributed by atoms with van der Waals surface area (Å²) in [6.07, 6.45) is 2.75. The van der Waals surface area contributed by atoms with Crippen LogP contribution in [-0.2, 0) is 6.42 Å². The highest BCUT2D eigenvalue weighted by Gasteiger charge is 2.14. The fourth-order valence-corrected chi connectivity index (χ4v) is 1.25. The molecule has 0 spiro atoms. The van der Waals surface area contributed by atoms with Gasteiger partial charge in [0.1, 0.15) is 0 Å². The molecule has 0 saturated carbocycles. The van der Waals surface area contributed by atoms with Crippen LogP contribution in [-0.4, -0.2) is 29.8 Å². The molecule has 15 heavy (non-hydrogen) atoms. The Morgan fingerprint density at radius 1 is 1.40 bits per heavy atom. The fraction of sp³-hybridized carbons (Fsp3) is 0.583. The minimum atomic E-state index is -0.0376. The number of rotatable bonds is 6. The van der Waals surface area contributed by atoms with E-state index in [4.69, 9.17) is 5.11 Å². The Morgan fingerprint density at radius 3 is 2.80 bits per heavy atom. The van der Waals surface area contributed by atoms with Crippen LogP contribution in [0.15, 0.2) is 24.4 Å². The second kappa shape index (κ2) is 5.83. The van der Waals surface area contributed by atoms with Gasteiger partial charge in [0.05, 0.1) is 0 Å². The SMILES string of the molecule is CC(C)(CO)CNCCc1ccccn1. The van der Waals surface area contributed by atoms with Gasteiger partial charge in [-0.3, -0.25) is 4.98 Å². The van der Waals surface area contributed by atoms with Crippen molar-refractivity contribution < 1.29 is 5.11 Å². The molecular formula is C12H20N2O. The molecule has 2 N–H and O–H groups in total. The summed E-state index contributed by atoms with van der Waals surface area (Å²) in [7, 11) is 0. The average Bonchev–Trinajstić information content (AvgIpc) is 2.26. The molecule has 0 amide bonds. The number of aliphatic hydroxyl groups excluding tert-OH is 1. The lowest BCUT2D eigenvalue weighted by molar-refractivity contribution is 0.157. The summed E-state index contributed by atoms with van der Waals surface area (Å²) in [5, 5.41) is 12.4. The van der Waals surface area contributed by atoms with E-state index in [1.807, 2.05) is 38.2 Å². The van der Waals surface area contributed by atoms with Gasteiger partial charge >= 0.3 is 0 Å². The maximum atomic E-state index is 9.06. The summed E-state index contributed by atoms with van der Waals surface area (Å²) in [5.74, 6) is 0. The zero-order valence-corrected chi connectivity index (χ0v) is 9.53. The van der Waals surface area contributed by atoms with E-state index < -0.39 is 0 Å².